The number of carbonyl (C=O) groups is 4. The van der Waals surface area contributed by atoms with E-state index >= 15 is 0 Å². The lowest BCUT2D eigenvalue weighted by atomic mass is 10.4. The van der Waals surface area contributed by atoms with Gasteiger partial charge in [0.15, 0.2) is 0 Å². The first kappa shape index (κ1) is 19.9. The average Bonchev–Trinajstić information content (AvgIpc) is 3.22. The molecule has 2 heterocycles. The van der Waals surface area contributed by atoms with Crippen LogP contribution in [0.15, 0.2) is 0 Å². The van der Waals surface area contributed by atoms with Crippen LogP contribution in [0.25, 0.3) is 0 Å². The largest absolute Gasteiger partial charge is 0.379 e. The van der Waals surface area contributed by atoms with Gasteiger partial charge in [-0.05, 0) is 6.42 Å². The van der Waals surface area contributed by atoms with E-state index in [0.717, 1.165) is 6.42 Å². The molecule has 27 heavy (non-hydrogen) atoms. The van der Waals surface area contributed by atoms with Crippen molar-refractivity contribution in [1.82, 2.24) is 9.80 Å². The van der Waals surface area contributed by atoms with Crippen LogP contribution in [0.5, 0.6) is 0 Å². The Morgan fingerprint density at radius 1 is 0.704 bits per heavy atom. The molecular formula is C18H26N2O7. The summed E-state index contributed by atoms with van der Waals surface area (Å²) in [5, 5.41) is 0. The number of carbonyl (C=O) groups excluding carboxylic acids is 4. The number of ether oxygens (including phenoxy) is 3. The Kier molecular flexibility index (Phi) is 6.92. The molecule has 0 aromatic carbocycles. The SMILES string of the molecule is O=C1CCC(=O)N1CCOCCOC1CC1COCCN1C(=O)CCC1=O. The molecular weight excluding hydrogens is 356 g/mol. The van der Waals surface area contributed by atoms with Gasteiger partial charge in [0.2, 0.25) is 23.6 Å². The quantitative estimate of drug-likeness (QED) is 0.338. The van der Waals surface area contributed by atoms with E-state index in [9.17, 15) is 19.2 Å². The molecule has 2 saturated heterocycles. The van der Waals surface area contributed by atoms with Crippen LogP contribution in [-0.2, 0) is 33.4 Å². The predicted molar refractivity (Wildman–Crippen MR) is 91.4 cm³/mol. The van der Waals surface area contributed by atoms with Gasteiger partial charge in [0, 0.05) is 31.6 Å². The van der Waals surface area contributed by atoms with Gasteiger partial charge in [-0.1, -0.05) is 0 Å². The highest BCUT2D eigenvalue weighted by atomic mass is 16.5. The topological polar surface area (TPSA) is 102 Å². The van der Waals surface area contributed by atoms with Gasteiger partial charge in [0.05, 0.1) is 52.2 Å². The second-order valence-corrected chi connectivity index (χ2v) is 6.97. The van der Waals surface area contributed by atoms with Crippen LogP contribution in [-0.4, -0.2) is 85.7 Å². The summed E-state index contributed by atoms with van der Waals surface area (Å²) in [5.41, 5.74) is 0. The number of hydrogen-bond acceptors (Lipinski definition) is 7. The Balaban J connectivity index is 1.14. The smallest absolute Gasteiger partial charge is 0.229 e. The molecule has 9 heteroatoms. The van der Waals surface area contributed by atoms with Crippen molar-refractivity contribution < 1.29 is 33.4 Å². The fraction of sp³-hybridized carbons (Fsp3) is 0.778. The summed E-state index contributed by atoms with van der Waals surface area (Å²) in [7, 11) is 0. The summed E-state index contributed by atoms with van der Waals surface area (Å²) in [6.07, 6.45) is 2.31. The van der Waals surface area contributed by atoms with Crippen LogP contribution < -0.4 is 0 Å². The summed E-state index contributed by atoms with van der Waals surface area (Å²) < 4.78 is 16.6. The minimum absolute atomic E-state index is 0.116. The lowest BCUT2D eigenvalue weighted by molar-refractivity contribution is -0.140. The normalized spacial score (nSPS) is 25.2. The van der Waals surface area contributed by atoms with Crippen molar-refractivity contribution in [3.63, 3.8) is 0 Å². The first-order valence-electron chi connectivity index (χ1n) is 9.49. The van der Waals surface area contributed by atoms with Gasteiger partial charge in [-0.2, -0.15) is 0 Å². The highest BCUT2D eigenvalue weighted by molar-refractivity contribution is 6.02. The van der Waals surface area contributed by atoms with E-state index in [1.54, 1.807) is 0 Å². The Morgan fingerprint density at radius 2 is 1.22 bits per heavy atom. The van der Waals surface area contributed by atoms with Gasteiger partial charge in [0.25, 0.3) is 0 Å². The highest BCUT2D eigenvalue weighted by Crippen LogP contribution is 2.33. The van der Waals surface area contributed by atoms with Gasteiger partial charge < -0.3 is 14.2 Å². The molecule has 0 bridgehead atoms. The molecule has 0 radical (unpaired) electrons. The zero-order valence-corrected chi connectivity index (χ0v) is 15.4. The van der Waals surface area contributed by atoms with Crippen molar-refractivity contribution in [2.45, 2.75) is 38.2 Å². The Bertz CT molecular complexity index is 562. The van der Waals surface area contributed by atoms with Crippen molar-refractivity contribution in [2.75, 3.05) is 46.1 Å². The molecule has 3 aliphatic rings. The molecule has 0 N–H and O–H groups in total. The first-order chi connectivity index (χ1) is 13.1. The summed E-state index contributed by atoms with van der Waals surface area (Å²) in [6, 6.07) is 0. The molecule has 2 unspecified atom stereocenters. The summed E-state index contributed by atoms with van der Waals surface area (Å²) in [5.74, 6) is -0.141. The van der Waals surface area contributed by atoms with E-state index in [0.29, 0.717) is 77.7 Å². The zero-order chi connectivity index (χ0) is 19.2. The molecule has 1 saturated carbocycles. The van der Waals surface area contributed by atoms with Gasteiger partial charge in [-0.15, -0.1) is 0 Å². The number of rotatable bonds is 12. The van der Waals surface area contributed by atoms with Crippen LogP contribution in [0, 0.1) is 5.92 Å². The maximum absolute atomic E-state index is 11.5. The molecule has 3 rings (SSSR count). The van der Waals surface area contributed by atoms with Crippen LogP contribution in [0.4, 0.5) is 0 Å². The third-order valence-electron chi connectivity index (χ3n) is 4.98. The number of nitrogens with zero attached hydrogens (tertiary/aromatic N) is 2. The molecule has 1 aliphatic carbocycles. The third-order valence-corrected chi connectivity index (χ3v) is 4.98. The Hall–Kier alpha value is -1.84. The zero-order valence-electron chi connectivity index (χ0n) is 15.4. The molecule has 0 spiro atoms. The molecule has 150 valence electrons. The lowest BCUT2D eigenvalue weighted by Gasteiger charge is -2.14. The third kappa shape index (κ3) is 5.57. The summed E-state index contributed by atoms with van der Waals surface area (Å²) in [4.78, 5) is 48.3. The van der Waals surface area contributed by atoms with Crippen LogP contribution in [0.2, 0.25) is 0 Å². The van der Waals surface area contributed by atoms with Crippen LogP contribution >= 0.6 is 0 Å². The maximum Gasteiger partial charge on any atom is 0.229 e. The van der Waals surface area contributed by atoms with Crippen molar-refractivity contribution in [2.24, 2.45) is 5.92 Å². The molecule has 2 aliphatic heterocycles. The summed E-state index contributed by atoms with van der Waals surface area (Å²) >= 11 is 0. The number of hydrogen-bond donors (Lipinski definition) is 0. The van der Waals surface area contributed by atoms with Crippen molar-refractivity contribution in [3.8, 4) is 0 Å². The average molecular weight is 382 g/mol. The van der Waals surface area contributed by atoms with Crippen LogP contribution in [0.1, 0.15) is 32.1 Å². The first-order valence-corrected chi connectivity index (χ1v) is 9.49. The number of likely N-dealkylation sites (tertiary alicyclic amines) is 2. The van der Waals surface area contributed by atoms with E-state index in [1.165, 1.54) is 9.80 Å². The molecule has 4 amide bonds. The molecule has 9 nitrogen and oxygen atoms in total. The number of imide groups is 2. The standard InChI is InChI=1S/C18H26N2O7/c21-15-1-2-16(22)19(15)5-7-25-9-10-27-14-11-13(14)12-26-8-6-20-17(23)3-4-18(20)24/h13-14H,1-12H2. The van der Waals surface area contributed by atoms with E-state index in [2.05, 4.69) is 0 Å². The van der Waals surface area contributed by atoms with Crippen molar-refractivity contribution in [3.05, 3.63) is 0 Å². The summed E-state index contributed by atoms with van der Waals surface area (Å²) in [6.45, 7) is 2.75. The highest BCUT2D eigenvalue weighted by Gasteiger charge is 2.38. The fourth-order valence-corrected chi connectivity index (χ4v) is 3.25. The van der Waals surface area contributed by atoms with Crippen LogP contribution in [0.3, 0.4) is 0 Å². The Labute approximate surface area is 157 Å². The van der Waals surface area contributed by atoms with Crippen molar-refractivity contribution >= 4 is 23.6 Å². The monoisotopic (exact) mass is 382 g/mol. The van der Waals surface area contributed by atoms with E-state index in [1.807, 2.05) is 0 Å². The maximum atomic E-state index is 11.5. The molecule has 0 aromatic heterocycles. The lowest BCUT2D eigenvalue weighted by Crippen LogP contribution is -2.32. The minimum atomic E-state index is -0.126. The second kappa shape index (κ2) is 9.38. The molecule has 3 fully saturated rings. The Morgan fingerprint density at radius 3 is 1.78 bits per heavy atom. The second-order valence-electron chi connectivity index (χ2n) is 6.97. The van der Waals surface area contributed by atoms with Gasteiger partial charge in [-0.25, -0.2) is 0 Å². The predicted octanol–water partition coefficient (Wildman–Crippen LogP) is -0.277. The van der Waals surface area contributed by atoms with E-state index in [4.69, 9.17) is 14.2 Å². The molecule has 2 atom stereocenters. The van der Waals surface area contributed by atoms with E-state index < -0.39 is 0 Å². The minimum Gasteiger partial charge on any atom is -0.379 e. The fourth-order valence-electron chi connectivity index (χ4n) is 3.25. The van der Waals surface area contributed by atoms with Gasteiger partial charge >= 0.3 is 0 Å². The van der Waals surface area contributed by atoms with Gasteiger partial charge in [0.1, 0.15) is 0 Å². The molecule has 0 aromatic rings. The van der Waals surface area contributed by atoms with Crippen molar-refractivity contribution in [1.29, 1.82) is 0 Å². The number of amides is 4. The van der Waals surface area contributed by atoms with E-state index in [-0.39, 0.29) is 29.7 Å². The van der Waals surface area contributed by atoms with Gasteiger partial charge in [-0.3, -0.25) is 29.0 Å².